The van der Waals surface area contributed by atoms with E-state index in [4.69, 9.17) is 0 Å². The van der Waals surface area contributed by atoms with E-state index in [0.29, 0.717) is 23.1 Å². The van der Waals surface area contributed by atoms with Crippen molar-refractivity contribution in [2.75, 3.05) is 21.6 Å². The third-order valence-electron chi connectivity index (χ3n) is 4.95. The number of aromatic nitrogens is 4. The lowest BCUT2D eigenvalue weighted by atomic mass is 10.2. The van der Waals surface area contributed by atoms with Crippen LogP contribution in [0.5, 0.6) is 0 Å². The fourth-order valence-electron chi connectivity index (χ4n) is 3.31. The van der Waals surface area contributed by atoms with Gasteiger partial charge in [0.05, 0.1) is 17.3 Å². The number of rotatable bonds is 6. The molecular weight excluding hydrogens is 430 g/mol. The maximum absolute atomic E-state index is 12.2. The Morgan fingerprint density at radius 1 is 0.875 bits per heavy atom. The number of aryl methyl sites for hydroxylation is 3. The van der Waals surface area contributed by atoms with Gasteiger partial charge >= 0.3 is 5.69 Å². The highest BCUT2D eigenvalue weighted by molar-refractivity contribution is 7.92. The summed E-state index contributed by atoms with van der Waals surface area (Å²) >= 11 is 0. The molecule has 0 saturated heterocycles. The molecule has 0 bridgehead atoms. The molecule has 0 radical (unpaired) electrons. The van der Waals surface area contributed by atoms with Crippen LogP contribution in [-0.2, 0) is 24.1 Å². The van der Waals surface area contributed by atoms with Crippen molar-refractivity contribution >= 4 is 49.9 Å². The standard InChI is InChI=1S/C21H23N7O3S/c1-13-12-22-20(24-14-5-7-15(8-6-14)26-32(4,30)31)25-19(13)23-16-9-10-17-18(11-16)28(3)21(29)27(17)2/h5-12,26H,1-4H3,(H2,22,23,24,25). The van der Waals surface area contributed by atoms with Crippen LogP contribution >= 0.6 is 0 Å². The molecule has 3 N–H and O–H groups in total. The van der Waals surface area contributed by atoms with Crippen LogP contribution in [0.3, 0.4) is 0 Å². The van der Waals surface area contributed by atoms with Crippen LogP contribution in [0.1, 0.15) is 5.56 Å². The van der Waals surface area contributed by atoms with Gasteiger partial charge in [0.25, 0.3) is 0 Å². The molecule has 0 aliphatic carbocycles. The fourth-order valence-corrected chi connectivity index (χ4v) is 3.88. The van der Waals surface area contributed by atoms with Gasteiger partial charge in [-0.3, -0.25) is 13.9 Å². The fraction of sp³-hybridized carbons (Fsp3) is 0.190. The predicted octanol–water partition coefficient (Wildman–Crippen LogP) is 2.83. The highest BCUT2D eigenvalue weighted by Gasteiger charge is 2.10. The SMILES string of the molecule is Cc1cnc(Nc2ccc(NS(C)(=O)=O)cc2)nc1Nc1ccc2c(c1)n(C)c(=O)n2C. The minimum atomic E-state index is -3.33. The minimum Gasteiger partial charge on any atom is -0.340 e. The highest BCUT2D eigenvalue weighted by Crippen LogP contribution is 2.24. The summed E-state index contributed by atoms with van der Waals surface area (Å²) in [5.41, 5.74) is 4.40. The number of imidazole rings is 1. The summed E-state index contributed by atoms with van der Waals surface area (Å²) in [6.07, 6.45) is 2.80. The van der Waals surface area contributed by atoms with Gasteiger partial charge in [0.2, 0.25) is 16.0 Å². The summed E-state index contributed by atoms with van der Waals surface area (Å²) in [6.45, 7) is 1.90. The molecule has 11 heteroatoms. The van der Waals surface area contributed by atoms with Crippen LogP contribution in [0.25, 0.3) is 11.0 Å². The van der Waals surface area contributed by atoms with E-state index in [-0.39, 0.29) is 5.69 Å². The normalized spacial score (nSPS) is 11.5. The van der Waals surface area contributed by atoms with E-state index in [0.717, 1.165) is 28.5 Å². The Hall–Kier alpha value is -3.86. The molecule has 0 saturated carbocycles. The Morgan fingerprint density at radius 2 is 1.50 bits per heavy atom. The number of anilines is 5. The third-order valence-corrected chi connectivity index (χ3v) is 5.56. The average Bonchev–Trinajstić information content (AvgIpc) is 2.95. The second kappa shape index (κ2) is 8.00. The lowest BCUT2D eigenvalue weighted by Gasteiger charge is -2.12. The maximum Gasteiger partial charge on any atom is 0.328 e. The first-order valence-corrected chi connectivity index (χ1v) is 11.6. The zero-order chi connectivity index (χ0) is 23.0. The number of fused-ring (bicyclic) bond motifs is 1. The minimum absolute atomic E-state index is 0.0837. The zero-order valence-electron chi connectivity index (χ0n) is 18.0. The van der Waals surface area contributed by atoms with Crippen molar-refractivity contribution in [3.63, 3.8) is 0 Å². The largest absolute Gasteiger partial charge is 0.340 e. The number of hydrogen-bond acceptors (Lipinski definition) is 7. The van der Waals surface area contributed by atoms with Crippen LogP contribution in [-0.4, -0.2) is 33.8 Å². The number of sulfonamides is 1. The molecule has 0 fully saturated rings. The Bertz CT molecular complexity index is 1470. The summed E-state index contributed by atoms with van der Waals surface area (Å²) in [5.74, 6) is 1.01. The van der Waals surface area contributed by atoms with E-state index in [2.05, 4.69) is 25.3 Å². The second-order valence-corrected chi connectivity index (χ2v) is 9.28. The van der Waals surface area contributed by atoms with Crippen LogP contribution < -0.4 is 21.0 Å². The average molecular weight is 454 g/mol. The van der Waals surface area contributed by atoms with Crippen LogP contribution in [0.2, 0.25) is 0 Å². The van der Waals surface area contributed by atoms with Gasteiger partial charge in [-0.05, 0) is 49.4 Å². The lowest BCUT2D eigenvalue weighted by molar-refractivity contribution is 0.607. The van der Waals surface area contributed by atoms with Gasteiger partial charge in [0.15, 0.2) is 0 Å². The summed E-state index contributed by atoms with van der Waals surface area (Å²) in [7, 11) is 0.153. The highest BCUT2D eigenvalue weighted by atomic mass is 32.2. The monoisotopic (exact) mass is 453 g/mol. The molecule has 0 amide bonds. The summed E-state index contributed by atoms with van der Waals surface area (Å²) < 4.78 is 28.3. The topological polar surface area (TPSA) is 123 Å². The molecule has 0 atom stereocenters. The van der Waals surface area contributed by atoms with Crippen molar-refractivity contribution in [3.8, 4) is 0 Å². The Balaban J connectivity index is 1.56. The third kappa shape index (κ3) is 4.42. The molecule has 2 heterocycles. The van der Waals surface area contributed by atoms with Crippen molar-refractivity contribution in [1.82, 2.24) is 19.1 Å². The quantitative estimate of drug-likeness (QED) is 0.410. The predicted molar refractivity (Wildman–Crippen MR) is 126 cm³/mol. The van der Waals surface area contributed by atoms with E-state index in [9.17, 15) is 13.2 Å². The number of nitrogens with one attached hydrogen (secondary N) is 3. The van der Waals surface area contributed by atoms with Gasteiger partial charge in [0, 0.05) is 42.9 Å². The van der Waals surface area contributed by atoms with Gasteiger partial charge in [-0.15, -0.1) is 0 Å². The van der Waals surface area contributed by atoms with Crippen molar-refractivity contribution in [1.29, 1.82) is 0 Å². The number of hydrogen-bond donors (Lipinski definition) is 3. The van der Waals surface area contributed by atoms with Gasteiger partial charge in [-0.2, -0.15) is 4.98 Å². The lowest BCUT2D eigenvalue weighted by Crippen LogP contribution is -2.19. The van der Waals surface area contributed by atoms with Gasteiger partial charge in [-0.25, -0.2) is 18.2 Å². The second-order valence-electron chi connectivity index (χ2n) is 7.53. The van der Waals surface area contributed by atoms with E-state index < -0.39 is 10.0 Å². The number of nitrogens with zero attached hydrogens (tertiary/aromatic N) is 4. The molecule has 10 nitrogen and oxygen atoms in total. The van der Waals surface area contributed by atoms with Crippen molar-refractivity contribution in [2.24, 2.45) is 14.1 Å². The van der Waals surface area contributed by atoms with Crippen LogP contribution in [0.4, 0.5) is 28.8 Å². The molecule has 166 valence electrons. The van der Waals surface area contributed by atoms with E-state index in [1.165, 1.54) is 0 Å². The zero-order valence-corrected chi connectivity index (χ0v) is 18.9. The van der Waals surface area contributed by atoms with E-state index in [1.807, 2.05) is 25.1 Å². The smallest absolute Gasteiger partial charge is 0.328 e. The molecule has 0 unspecified atom stereocenters. The summed E-state index contributed by atoms with van der Waals surface area (Å²) in [4.78, 5) is 21.0. The molecular formula is C21H23N7O3S. The Kier molecular flexibility index (Phi) is 5.35. The van der Waals surface area contributed by atoms with Crippen molar-refractivity contribution < 1.29 is 8.42 Å². The molecule has 32 heavy (non-hydrogen) atoms. The summed E-state index contributed by atoms with van der Waals surface area (Å²) in [6, 6.07) is 12.4. The first-order chi connectivity index (χ1) is 15.1. The van der Waals surface area contributed by atoms with Gasteiger partial charge in [-0.1, -0.05) is 0 Å². The molecule has 4 rings (SSSR count). The van der Waals surface area contributed by atoms with Crippen LogP contribution in [0, 0.1) is 6.92 Å². The molecule has 2 aromatic heterocycles. The first-order valence-electron chi connectivity index (χ1n) is 9.72. The molecule has 2 aromatic carbocycles. The Labute approximate surface area is 185 Å². The van der Waals surface area contributed by atoms with Crippen LogP contribution in [0.15, 0.2) is 53.5 Å². The first kappa shape index (κ1) is 21.4. The van der Waals surface area contributed by atoms with E-state index in [1.54, 1.807) is 53.7 Å². The maximum atomic E-state index is 12.2. The molecule has 0 spiro atoms. The number of benzene rings is 2. The molecule has 0 aliphatic heterocycles. The molecule has 0 aliphatic rings. The molecule has 4 aromatic rings. The van der Waals surface area contributed by atoms with Crippen molar-refractivity contribution in [3.05, 3.63) is 64.7 Å². The van der Waals surface area contributed by atoms with E-state index >= 15 is 0 Å². The van der Waals surface area contributed by atoms with Gasteiger partial charge in [0.1, 0.15) is 5.82 Å². The summed E-state index contributed by atoms with van der Waals surface area (Å²) in [5, 5.41) is 6.40. The van der Waals surface area contributed by atoms with Crippen molar-refractivity contribution in [2.45, 2.75) is 6.92 Å². The Morgan fingerprint density at radius 3 is 2.19 bits per heavy atom. The van der Waals surface area contributed by atoms with Gasteiger partial charge < -0.3 is 10.6 Å².